The Morgan fingerprint density at radius 2 is 2.08 bits per heavy atom. The lowest BCUT2D eigenvalue weighted by atomic mass is 10.0. The Labute approximate surface area is 219 Å². The number of thioether (sulfide) groups is 1. The quantitative estimate of drug-likeness (QED) is 0.349. The van der Waals surface area contributed by atoms with Crippen LogP contribution in [-0.4, -0.2) is 58.1 Å². The number of piperidine rings is 1. The summed E-state index contributed by atoms with van der Waals surface area (Å²) in [5.41, 5.74) is 0.618. The molecule has 0 aliphatic carbocycles. The number of nitrogens with one attached hydrogen (secondary N) is 1. The van der Waals surface area contributed by atoms with E-state index in [9.17, 15) is 22.4 Å². The predicted molar refractivity (Wildman–Crippen MR) is 137 cm³/mol. The zero-order chi connectivity index (χ0) is 26.3. The average Bonchev–Trinajstić information content (AvgIpc) is 3.42. The van der Waals surface area contributed by atoms with Crippen molar-refractivity contribution in [3.05, 3.63) is 69.2 Å². The highest BCUT2D eigenvalue weighted by Crippen LogP contribution is 2.35. The van der Waals surface area contributed by atoms with Crippen LogP contribution in [0.1, 0.15) is 23.1 Å². The Bertz CT molecular complexity index is 1420. The van der Waals surface area contributed by atoms with Gasteiger partial charge < -0.3 is 10.2 Å². The molecule has 6 nitrogen and oxygen atoms in total. The van der Waals surface area contributed by atoms with Gasteiger partial charge in [0.2, 0.25) is 0 Å². The van der Waals surface area contributed by atoms with Crippen molar-refractivity contribution < 1.29 is 22.4 Å². The molecule has 1 saturated heterocycles. The van der Waals surface area contributed by atoms with Gasteiger partial charge in [0.25, 0.3) is 5.91 Å². The molecule has 2 aliphatic rings. The van der Waals surface area contributed by atoms with Gasteiger partial charge in [0.1, 0.15) is 6.17 Å². The summed E-state index contributed by atoms with van der Waals surface area (Å²) < 4.78 is 56.3. The number of aliphatic imine (C=N–C) groups is 1. The molecule has 0 saturated carbocycles. The van der Waals surface area contributed by atoms with Gasteiger partial charge in [0, 0.05) is 24.0 Å². The lowest BCUT2D eigenvalue weighted by Crippen LogP contribution is -2.50. The normalized spacial score (nSPS) is 21.6. The van der Waals surface area contributed by atoms with E-state index in [4.69, 9.17) is 11.6 Å². The van der Waals surface area contributed by atoms with E-state index in [1.807, 2.05) is 0 Å². The molecule has 1 N–H and O–H groups in total. The fourth-order valence-corrected chi connectivity index (χ4v) is 5.62. The molecule has 5 rings (SSSR count). The van der Waals surface area contributed by atoms with Crippen molar-refractivity contribution in [2.24, 2.45) is 4.99 Å². The van der Waals surface area contributed by atoms with E-state index in [1.54, 1.807) is 42.4 Å². The number of halogens is 5. The predicted octanol–water partition coefficient (Wildman–Crippen LogP) is 5.36. The van der Waals surface area contributed by atoms with Crippen LogP contribution in [-0.2, 0) is 17.5 Å². The van der Waals surface area contributed by atoms with Crippen molar-refractivity contribution in [2.75, 3.05) is 20.1 Å². The van der Waals surface area contributed by atoms with E-state index in [0.29, 0.717) is 33.9 Å². The lowest BCUT2D eigenvalue weighted by molar-refractivity contribution is -0.138. The van der Waals surface area contributed by atoms with Gasteiger partial charge in [-0.05, 0) is 66.2 Å². The van der Waals surface area contributed by atoms with Crippen LogP contribution in [0.15, 0.2) is 52.5 Å². The van der Waals surface area contributed by atoms with Crippen LogP contribution in [0.4, 0.5) is 17.6 Å². The summed E-state index contributed by atoms with van der Waals surface area (Å²) in [6.07, 6.45) is -1.71. The number of fused-ring (bicyclic) bond motifs is 1. The Hall–Kier alpha value is -2.89. The Balaban J connectivity index is 1.35. The second kappa shape index (κ2) is 10.1. The molecule has 2 aliphatic heterocycles. The average molecular weight is 552 g/mol. The number of hydrogen-bond acceptors (Lipinski definition) is 5. The maximum absolute atomic E-state index is 14.3. The molecular formula is C25H22ClF4N5OS. The third kappa shape index (κ3) is 5.39. The van der Waals surface area contributed by atoms with Crippen LogP contribution >= 0.6 is 23.4 Å². The summed E-state index contributed by atoms with van der Waals surface area (Å²) >= 11 is 6.98. The second-order valence-corrected chi connectivity index (χ2v) is 10.4. The number of carbonyl (C=O) groups excluding carboxylic acids is 1. The zero-order valence-electron chi connectivity index (χ0n) is 19.6. The smallest absolute Gasteiger partial charge is 0.348 e. The zero-order valence-corrected chi connectivity index (χ0v) is 21.2. The van der Waals surface area contributed by atoms with Crippen LogP contribution in [0, 0.1) is 0 Å². The van der Waals surface area contributed by atoms with Gasteiger partial charge in [-0.25, -0.2) is 4.39 Å². The summed E-state index contributed by atoms with van der Waals surface area (Å²) in [7, 11) is 1.75. The van der Waals surface area contributed by atoms with E-state index in [-0.39, 0.29) is 29.7 Å². The van der Waals surface area contributed by atoms with Gasteiger partial charge in [-0.3, -0.25) is 9.48 Å². The molecule has 0 bridgehead atoms. The minimum atomic E-state index is -4.54. The van der Waals surface area contributed by atoms with E-state index < -0.39 is 23.8 Å². The molecule has 0 radical (unpaired) electrons. The summed E-state index contributed by atoms with van der Waals surface area (Å²) in [6.45, 7) is 0.889. The third-order valence-corrected chi connectivity index (χ3v) is 7.75. The summed E-state index contributed by atoms with van der Waals surface area (Å²) in [5, 5.41) is 8.47. The van der Waals surface area contributed by atoms with Gasteiger partial charge in [-0.2, -0.15) is 23.3 Å². The van der Waals surface area contributed by atoms with E-state index in [2.05, 4.69) is 15.4 Å². The van der Waals surface area contributed by atoms with E-state index in [1.165, 1.54) is 28.6 Å². The van der Waals surface area contributed by atoms with Crippen molar-refractivity contribution in [3.63, 3.8) is 0 Å². The number of amidine groups is 1. The second-order valence-electron chi connectivity index (χ2n) is 8.92. The molecule has 2 unspecified atom stereocenters. The first kappa shape index (κ1) is 25.7. The first-order valence-electron chi connectivity index (χ1n) is 11.5. The number of carbonyl (C=O) groups is 1. The first-order valence-corrected chi connectivity index (χ1v) is 12.7. The topological polar surface area (TPSA) is 62.5 Å². The molecule has 1 aromatic heterocycles. The first-order chi connectivity index (χ1) is 17.6. The number of rotatable bonds is 4. The maximum Gasteiger partial charge on any atom is 0.416 e. The van der Waals surface area contributed by atoms with Gasteiger partial charge in [-0.1, -0.05) is 23.7 Å². The van der Waals surface area contributed by atoms with Gasteiger partial charge >= 0.3 is 6.18 Å². The molecular weight excluding hydrogens is 530 g/mol. The molecule has 194 valence electrons. The van der Waals surface area contributed by atoms with Crippen LogP contribution < -0.4 is 5.32 Å². The summed E-state index contributed by atoms with van der Waals surface area (Å²) in [4.78, 5) is 18.8. The minimum Gasteiger partial charge on any atom is -0.348 e. The number of nitrogens with zero attached hydrogens (tertiary/aromatic N) is 4. The van der Waals surface area contributed by atoms with E-state index in [0.717, 1.165) is 11.6 Å². The van der Waals surface area contributed by atoms with Crippen LogP contribution in [0.3, 0.4) is 0 Å². The van der Waals surface area contributed by atoms with E-state index >= 15 is 0 Å². The van der Waals surface area contributed by atoms with Crippen molar-refractivity contribution in [1.82, 2.24) is 20.0 Å². The molecule has 0 spiro atoms. The standard InChI is InChI=1S/C25H22ClF4N5OS/c1-34(21-6-7-31-12-19(21)27)24-33-23(36)22(37-24)9-14-2-5-20-16(8-14)11-32-35(20)13-15-3-4-17(26)10-18(15)25(28,29)30/h2-5,8-11,19,21,31H,6-7,12-13H2,1H3. The van der Waals surface area contributed by atoms with Gasteiger partial charge in [0.15, 0.2) is 5.17 Å². The van der Waals surface area contributed by atoms with Gasteiger partial charge in [-0.15, -0.1) is 0 Å². The Morgan fingerprint density at radius 1 is 1.27 bits per heavy atom. The van der Waals surface area contributed by atoms with Crippen molar-refractivity contribution in [2.45, 2.75) is 31.4 Å². The molecule has 12 heteroatoms. The molecule has 1 fully saturated rings. The number of amides is 1. The molecule has 37 heavy (non-hydrogen) atoms. The summed E-state index contributed by atoms with van der Waals surface area (Å²) in [5.74, 6) is -0.394. The number of alkyl halides is 4. The molecule has 1 amide bonds. The molecule has 3 heterocycles. The highest BCUT2D eigenvalue weighted by Gasteiger charge is 2.35. The Kier molecular flexibility index (Phi) is 7.03. The summed E-state index contributed by atoms with van der Waals surface area (Å²) in [6, 6.07) is 8.65. The van der Waals surface area contributed by atoms with Crippen LogP contribution in [0.5, 0.6) is 0 Å². The van der Waals surface area contributed by atoms with Gasteiger partial charge in [0.05, 0.1) is 34.8 Å². The largest absolute Gasteiger partial charge is 0.416 e. The minimum absolute atomic E-state index is 0.0111. The van der Waals surface area contributed by atoms with Crippen molar-refractivity contribution in [3.8, 4) is 0 Å². The monoisotopic (exact) mass is 551 g/mol. The highest BCUT2D eigenvalue weighted by molar-refractivity contribution is 8.18. The number of aromatic nitrogens is 2. The SMILES string of the molecule is CN(C1=NC(=O)C(=Cc2ccc3c(cnn3Cc3ccc(Cl)cc3C(F)(F)F)c2)S1)C1CCNCC1F. The van der Waals surface area contributed by atoms with Crippen molar-refractivity contribution >= 4 is 51.4 Å². The molecule has 3 aromatic rings. The Morgan fingerprint density at radius 3 is 2.84 bits per heavy atom. The number of benzene rings is 2. The maximum atomic E-state index is 14.3. The van der Waals surface area contributed by atoms with Crippen LogP contribution in [0.2, 0.25) is 5.02 Å². The lowest BCUT2D eigenvalue weighted by Gasteiger charge is -2.34. The highest BCUT2D eigenvalue weighted by atomic mass is 35.5. The third-order valence-electron chi connectivity index (χ3n) is 6.44. The molecule has 2 aromatic carbocycles. The van der Waals surface area contributed by atoms with Crippen LogP contribution in [0.25, 0.3) is 17.0 Å². The van der Waals surface area contributed by atoms with Crippen molar-refractivity contribution in [1.29, 1.82) is 0 Å². The molecule has 2 atom stereocenters. The fraction of sp³-hybridized carbons (Fsp3) is 0.320. The number of hydrogen-bond donors (Lipinski definition) is 1. The fourth-order valence-electron chi connectivity index (χ4n) is 4.52.